The van der Waals surface area contributed by atoms with Crippen molar-refractivity contribution < 1.29 is 14.3 Å². The van der Waals surface area contributed by atoms with Gasteiger partial charge in [0, 0.05) is 17.5 Å². The average Bonchev–Trinajstić information content (AvgIpc) is 2.53. The predicted octanol–water partition coefficient (Wildman–Crippen LogP) is 4.98. The largest absolute Gasteiger partial charge is 0.493 e. The number of aliphatic imine (C=N–C) groups is 1. The summed E-state index contributed by atoms with van der Waals surface area (Å²) in [6.45, 7) is 2.49. The lowest BCUT2D eigenvalue weighted by atomic mass is 10.2. The first-order chi connectivity index (χ1) is 11.2. The number of aryl methyl sites for hydroxylation is 1. The van der Waals surface area contributed by atoms with Crippen LogP contribution in [0.4, 0.5) is 5.69 Å². The minimum absolute atomic E-state index is 0.507. The summed E-state index contributed by atoms with van der Waals surface area (Å²) >= 11 is 5.90. The van der Waals surface area contributed by atoms with Gasteiger partial charge in [-0.05, 0) is 48.9 Å². The highest BCUT2D eigenvalue weighted by atomic mass is 35.5. The lowest BCUT2D eigenvalue weighted by Crippen LogP contribution is -1.97. The van der Waals surface area contributed by atoms with E-state index in [1.807, 2.05) is 25.1 Å². The van der Waals surface area contributed by atoms with Crippen molar-refractivity contribution in [2.45, 2.75) is 13.3 Å². The molecule has 0 saturated carbocycles. The molecule has 0 aliphatic rings. The fourth-order valence-electron chi connectivity index (χ4n) is 1.89. The Morgan fingerprint density at radius 3 is 2.91 bits per heavy atom. The molecule has 0 fully saturated rings. The number of benzene rings is 2. The van der Waals surface area contributed by atoms with Crippen LogP contribution >= 0.6 is 11.6 Å². The van der Waals surface area contributed by atoms with Crippen molar-refractivity contribution in [1.82, 2.24) is 0 Å². The minimum Gasteiger partial charge on any atom is -0.493 e. The summed E-state index contributed by atoms with van der Waals surface area (Å²) in [5.74, 6) is 1.43. The second-order valence-corrected chi connectivity index (χ2v) is 5.17. The highest BCUT2D eigenvalue weighted by molar-refractivity contribution is 6.30. The molecule has 0 spiro atoms. The summed E-state index contributed by atoms with van der Waals surface area (Å²) in [6, 6.07) is 12.4. The summed E-state index contributed by atoms with van der Waals surface area (Å²) in [5.41, 5.74) is 1.51. The van der Waals surface area contributed by atoms with E-state index in [0.717, 1.165) is 11.3 Å². The highest BCUT2D eigenvalue weighted by Crippen LogP contribution is 2.22. The molecule has 0 aliphatic heterocycles. The van der Waals surface area contributed by atoms with Crippen molar-refractivity contribution in [3.05, 3.63) is 65.4 Å². The monoisotopic (exact) mass is 329 g/mol. The lowest BCUT2D eigenvalue weighted by molar-refractivity contribution is 0.321. The number of nitrogens with zero attached hydrogens (tertiary/aromatic N) is 1. The van der Waals surface area contributed by atoms with Gasteiger partial charge in [-0.15, -0.1) is 0 Å². The molecule has 4 nitrogen and oxygen atoms in total. The van der Waals surface area contributed by atoms with Crippen LogP contribution in [0.5, 0.6) is 11.5 Å². The van der Waals surface area contributed by atoms with E-state index in [0.29, 0.717) is 29.5 Å². The Morgan fingerprint density at radius 2 is 2.13 bits per heavy atom. The number of halogens is 1. The van der Waals surface area contributed by atoms with Gasteiger partial charge in [-0.3, -0.25) is 0 Å². The molecule has 2 aromatic rings. The second kappa shape index (κ2) is 8.79. The molecule has 0 aliphatic carbocycles. The van der Waals surface area contributed by atoms with Crippen molar-refractivity contribution in [2.75, 3.05) is 6.61 Å². The van der Waals surface area contributed by atoms with Crippen LogP contribution in [0, 0.1) is 6.92 Å². The maximum absolute atomic E-state index is 10.2. The fourth-order valence-corrected chi connectivity index (χ4v) is 2.11. The Morgan fingerprint density at radius 1 is 1.26 bits per heavy atom. The molecule has 0 amide bonds. The van der Waals surface area contributed by atoms with Gasteiger partial charge in [-0.1, -0.05) is 17.7 Å². The van der Waals surface area contributed by atoms with Crippen molar-refractivity contribution in [3.63, 3.8) is 0 Å². The molecule has 23 heavy (non-hydrogen) atoms. The molecule has 0 aromatic heterocycles. The zero-order valence-corrected chi connectivity index (χ0v) is 13.4. The van der Waals surface area contributed by atoms with E-state index in [9.17, 15) is 4.79 Å². The normalized spacial score (nSPS) is 10.3. The van der Waals surface area contributed by atoms with Crippen LogP contribution in [0.2, 0.25) is 5.02 Å². The molecule has 0 N–H and O–H groups in total. The number of isocyanates is 1. The van der Waals surface area contributed by atoms with E-state index >= 15 is 0 Å². The van der Waals surface area contributed by atoms with Crippen LogP contribution in [0.25, 0.3) is 0 Å². The van der Waals surface area contributed by atoms with E-state index in [2.05, 4.69) is 4.99 Å². The van der Waals surface area contributed by atoms with E-state index in [1.165, 1.54) is 6.08 Å². The van der Waals surface area contributed by atoms with Crippen molar-refractivity contribution in [2.24, 2.45) is 4.99 Å². The number of hydrogen-bond donors (Lipinski definition) is 0. The van der Waals surface area contributed by atoms with Gasteiger partial charge < -0.3 is 9.47 Å². The molecular formula is C18H16ClNO3. The summed E-state index contributed by atoms with van der Waals surface area (Å²) in [5, 5.41) is 0.698. The van der Waals surface area contributed by atoms with E-state index in [4.69, 9.17) is 21.1 Å². The number of hydrogen-bond acceptors (Lipinski definition) is 4. The Bertz CT molecular complexity index is 737. The molecular weight excluding hydrogens is 314 g/mol. The molecule has 118 valence electrons. The van der Waals surface area contributed by atoms with Crippen molar-refractivity contribution >= 4 is 23.4 Å². The van der Waals surface area contributed by atoms with Crippen LogP contribution < -0.4 is 9.47 Å². The Labute approximate surface area is 140 Å². The van der Waals surface area contributed by atoms with Gasteiger partial charge in [0.1, 0.15) is 11.5 Å². The predicted molar refractivity (Wildman–Crippen MR) is 90.3 cm³/mol. The van der Waals surface area contributed by atoms with Gasteiger partial charge in [0.15, 0.2) is 0 Å². The lowest BCUT2D eigenvalue weighted by Gasteiger charge is -2.07. The molecule has 2 aromatic carbocycles. The second-order valence-electron chi connectivity index (χ2n) is 4.74. The topological polar surface area (TPSA) is 47.9 Å². The van der Waals surface area contributed by atoms with Crippen molar-refractivity contribution in [1.29, 1.82) is 0 Å². The molecule has 0 unspecified atom stereocenters. The molecule has 5 heteroatoms. The molecule has 0 saturated heterocycles. The van der Waals surface area contributed by atoms with E-state index < -0.39 is 0 Å². The summed E-state index contributed by atoms with van der Waals surface area (Å²) in [7, 11) is 0. The van der Waals surface area contributed by atoms with E-state index in [1.54, 1.807) is 36.6 Å². The molecule has 2 rings (SSSR count). The van der Waals surface area contributed by atoms with Gasteiger partial charge in [-0.25, -0.2) is 4.79 Å². The first-order valence-corrected chi connectivity index (χ1v) is 7.45. The highest BCUT2D eigenvalue weighted by Gasteiger charge is 1.99. The quantitative estimate of drug-likeness (QED) is 0.311. The Balaban J connectivity index is 1.77. The smallest absolute Gasteiger partial charge is 0.240 e. The maximum atomic E-state index is 10.2. The summed E-state index contributed by atoms with van der Waals surface area (Å²) in [6.07, 6.45) is 5.65. The minimum atomic E-state index is 0.507. The van der Waals surface area contributed by atoms with Crippen LogP contribution in [0.15, 0.2) is 59.8 Å². The van der Waals surface area contributed by atoms with Gasteiger partial charge >= 0.3 is 0 Å². The van der Waals surface area contributed by atoms with Crippen LogP contribution in [-0.2, 0) is 4.79 Å². The van der Waals surface area contributed by atoms with Gasteiger partial charge in [0.05, 0.1) is 18.6 Å². The standard InChI is InChI=1S/C18H16ClNO3/c1-14-11-15(19)7-8-18(14)23-10-3-2-9-22-17-6-4-5-16(12-17)20-13-21/h2,4-9,11-12H,3,10H2,1H3/b9-2+. The van der Waals surface area contributed by atoms with Crippen LogP contribution in [-0.4, -0.2) is 12.7 Å². The van der Waals surface area contributed by atoms with Crippen LogP contribution in [0.1, 0.15) is 12.0 Å². The van der Waals surface area contributed by atoms with E-state index in [-0.39, 0.29) is 0 Å². The Hall–Kier alpha value is -2.55. The van der Waals surface area contributed by atoms with Gasteiger partial charge in [0.25, 0.3) is 0 Å². The molecule has 0 bridgehead atoms. The first-order valence-electron chi connectivity index (χ1n) is 7.07. The number of rotatable bonds is 7. The zero-order valence-electron chi connectivity index (χ0n) is 12.7. The van der Waals surface area contributed by atoms with Gasteiger partial charge in [0.2, 0.25) is 6.08 Å². The number of ether oxygens (including phenoxy) is 2. The fraction of sp³-hybridized carbons (Fsp3) is 0.167. The third kappa shape index (κ3) is 5.62. The zero-order chi connectivity index (χ0) is 16.5. The third-order valence-electron chi connectivity index (χ3n) is 2.97. The third-order valence-corrected chi connectivity index (χ3v) is 3.21. The van der Waals surface area contributed by atoms with Crippen LogP contribution in [0.3, 0.4) is 0 Å². The SMILES string of the molecule is Cc1cc(Cl)ccc1OCC/C=C/Oc1cccc(N=C=O)c1. The average molecular weight is 330 g/mol. The number of carbonyl (C=O) groups excluding carboxylic acids is 1. The molecule has 0 heterocycles. The summed E-state index contributed by atoms with van der Waals surface area (Å²) in [4.78, 5) is 13.7. The summed E-state index contributed by atoms with van der Waals surface area (Å²) < 4.78 is 11.1. The van der Waals surface area contributed by atoms with Crippen molar-refractivity contribution in [3.8, 4) is 11.5 Å². The Kier molecular flexibility index (Phi) is 6.42. The molecule has 0 radical (unpaired) electrons. The van der Waals surface area contributed by atoms with Gasteiger partial charge in [-0.2, -0.15) is 4.99 Å². The first kappa shape index (κ1) is 16.8. The maximum Gasteiger partial charge on any atom is 0.240 e. The molecule has 0 atom stereocenters.